The second kappa shape index (κ2) is 3.43. The van der Waals surface area contributed by atoms with E-state index in [1.54, 1.807) is 24.3 Å². The standard InChI is InChI=1S/C12H7NO2/c1-2-8-3-5-9(6-4-8)10-7-11(14)13-12(10)15/h1,3-7H,(H,13,14,15). The van der Waals surface area contributed by atoms with Crippen LogP contribution in [0.5, 0.6) is 0 Å². The van der Waals surface area contributed by atoms with E-state index >= 15 is 0 Å². The highest BCUT2D eigenvalue weighted by Gasteiger charge is 2.21. The van der Waals surface area contributed by atoms with Crippen LogP contribution < -0.4 is 5.32 Å². The van der Waals surface area contributed by atoms with E-state index in [-0.39, 0.29) is 11.8 Å². The van der Waals surface area contributed by atoms with E-state index < -0.39 is 0 Å². The number of benzene rings is 1. The summed E-state index contributed by atoms with van der Waals surface area (Å²) in [5.41, 5.74) is 1.81. The Kier molecular flexibility index (Phi) is 2.11. The van der Waals surface area contributed by atoms with Gasteiger partial charge in [-0.2, -0.15) is 0 Å². The van der Waals surface area contributed by atoms with Gasteiger partial charge in [0.15, 0.2) is 0 Å². The smallest absolute Gasteiger partial charge is 0.258 e. The van der Waals surface area contributed by atoms with Crippen molar-refractivity contribution in [3.05, 3.63) is 41.5 Å². The van der Waals surface area contributed by atoms with Gasteiger partial charge >= 0.3 is 0 Å². The molecule has 2 rings (SSSR count). The van der Waals surface area contributed by atoms with Gasteiger partial charge in [0.2, 0.25) is 0 Å². The predicted molar refractivity (Wildman–Crippen MR) is 55.5 cm³/mol. The Morgan fingerprint density at radius 2 is 1.80 bits per heavy atom. The van der Waals surface area contributed by atoms with Gasteiger partial charge in [-0.25, -0.2) is 0 Å². The minimum Gasteiger partial charge on any atom is -0.289 e. The third-order valence-corrected chi connectivity index (χ3v) is 2.12. The summed E-state index contributed by atoms with van der Waals surface area (Å²) in [4.78, 5) is 22.2. The van der Waals surface area contributed by atoms with Crippen LogP contribution in [0.15, 0.2) is 30.3 Å². The summed E-state index contributed by atoms with van der Waals surface area (Å²) in [7, 11) is 0. The molecule has 0 radical (unpaired) electrons. The van der Waals surface area contributed by atoms with Gasteiger partial charge in [0, 0.05) is 11.6 Å². The highest BCUT2D eigenvalue weighted by atomic mass is 16.2. The van der Waals surface area contributed by atoms with E-state index in [0.29, 0.717) is 11.1 Å². The van der Waals surface area contributed by atoms with Crippen molar-refractivity contribution in [2.24, 2.45) is 0 Å². The van der Waals surface area contributed by atoms with E-state index in [2.05, 4.69) is 11.2 Å². The molecule has 0 fully saturated rings. The second-order valence-electron chi connectivity index (χ2n) is 3.10. The quantitative estimate of drug-likeness (QED) is 0.532. The number of rotatable bonds is 1. The Bertz CT molecular complexity index is 503. The minimum atomic E-state index is -0.379. The van der Waals surface area contributed by atoms with Crippen LogP contribution in [0, 0.1) is 12.3 Å². The van der Waals surface area contributed by atoms with Crippen molar-refractivity contribution in [3.63, 3.8) is 0 Å². The summed E-state index contributed by atoms with van der Waals surface area (Å²) >= 11 is 0. The first-order valence-electron chi connectivity index (χ1n) is 4.35. The van der Waals surface area contributed by atoms with Crippen LogP contribution in [0.25, 0.3) is 5.57 Å². The van der Waals surface area contributed by atoms with Crippen LogP contribution in [0.2, 0.25) is 0 Å². The Morgan fingerprint density at radius 3 is 2.27 bits per heavy atom. The van der Waals surface area contributed by atoms with Gasteiger partial charge in [-0.3, -0.25) is 14.9 Å². The van der Waals surface area contributed by atoms with Gasteiger partial charge in [-0.1, -0.05) is 18.1 Å². The summed E-state index contributed by atoms with van der Waals surface area (Å²) in [6.07, 6.45) is 6.49. The first-order valence-corrected chi connectivity index (χ1v) is 4.35. The van der Waals surface area contributed by atoms with Crippen molar-refractivity contribution in [1.29, 1.82) is 0 Å². The van der Waals surface area contributed by atoms with Crippen LogP contribution in [-0.4, -0.2) is 11.8 Å². The Labute approximate surface area is 86.8 Å². The van der Waals surface area contributed by atoms with Crippen molar-refractivity contribution >= 4 is 17.4 Å². The topological polar surface area (TPSA) is 46.2 Å². The number of carbonyl (C=O) groups is 2. The SMILES string of the molecule is C#Cc1ccc(C2=CC(=O)NC2=O)cc1. The largest absolute Gasteiger partial charge is 0.289 e. The maximum Gasteiger partial charge on any atom is 0.258 e. The zero-order valence-electron chi connectivity index (χ0n) is 7.78. The predicted octanol–water partition coefficient (Wildman–Crippen LogP) is 0.708. The lowest BCUT2D eigenvalue weighted by Gasteiger charge is -1.99. The molecular formula is C12H7NO2. The molecule has 0 atom stereocenters. The molecule has 2 amide bonds. The lowest BCUT2D eigenvalue weighted by Crippen LogP contribution is -2.21. The molecule has 0 bridgehead atoms. The summed E-state index contributed by atoms with van der Waals surface area (Å²) < 4.78 is 0. The average Bonchev–Trinajstić information content (AvgIpc) is 2.58. The number of imide groups is 1. The highest BCUT2D eigenvalue weighted by Crippen LogP contribution is 2.18. The average molecular weight is 197 g/mol. The zero-order chi connectivity index (χ0) is 10.8. The van der Waals surface area contributed by atoms with Crippen molar-refractivity contribution < 1.29 is 9.59 Å². The van der Waals surface area contributed by atoms with Crippen LogP contribution in [0.4, 0.5) is 0 Å². The van der Waals surface area contributed by atoms with Gasteiger partial charge in [-0.15, -0.1) is 6.42 Å². The molecule has 0 saturated heterocycles. The van der Waals surface area contributed by atoms with Crippen LogP contribution >= 0.6 is 0 Å². The molecule has 1 heterocycles. The number of hydrogen-bond donors (Lipinski definition) is 1. The molecule has 1 aliphatic heterocycles. The van der Waals surface area contributed by atoms with E-state index in [4.69, 9.17) is 6.42 Å². The molecule has 0 aromatic heterocycles. The van der Waals surface area contributed by atoms with Crippen LogP contribution in [0.3, 0.4) is 0 Å². The fraction of sp³-hybridized carbons (Fsp3) is 0. The summed E-state index contributed by atoms with van der Waals surface area (Å²) in [6.45, 7) is 0. The van der Waals surface area contributed by atoms with E-state index in [0.717, 1.165) is 5.56 Å². The molecule has 1 aromatic rings. The maximum atomic E-state index is 11.3. The van der Waals surface area contributed by atoms with Gasteiger partial charge in [0.05, 0.1) is 5.57 Å². The first kappa shape index (κ1) is 9.22. The van der Waals surface area contributed by atoms with Gasteiger partial charge < -0.3 is 0 Å². The fourth-order valence-corrected chi connectivity index (χ4v) is 1.37. The minimum absolute atomic E-state index is 0.367. The number of nitrogens with one attached hydrogen (secondary N) is 1. The second-order valence-corrected chi connectivity index (χ2v) is 3.10. The molecule has 3 heteroatoms. The molecular weight excluding hydrogens is 190 g/mol. The fourth-order valence-electron chi connectivity index (χ4n) is 1.37. The maximum absolute atomic E-state index is 11.3. The van der Waals surface area contributed by atoms with E-state index in [1.165, 1.54) is 6.08 Å². The molecule has 1 aromatic carbocycles. The number of carbonyl (C=O) groups excluding carboxylic acids is 2. The molecule has 15 heavy (non-hydrogen) atoms. The first-order chi connectivity index (χ1) is 7.20. The van der Waals surface area contributed by atoms with Gasteiger partial charge in [0.1, 0.15) is 0 Å². The lowest BCUT2D eigenvalue weighted by atomic mass is 10.0. The normalized spacial score (nSPS) is 14.5. The van der Waals surface area contributed by atoms with E-state index in [9.17, 15) is 9.59 Å². The van der Waals surface area contributed by atoms with Crippen molar-refractivity contribution in [2.75, 3.05) is 0 Å². The molecule has 72 valence electrons. The van der Waals surface area contributed by atoms with Crippen LogP contribution in [-0.2, 0) is 9.59 Å². The van der Waals surface area contributed by atoms with Crippen molar-refractivity contribution in [3.8, 4) is 12.3 Å². The number of amides is 2. The summed E-state index contributed by atoms with van der Waals surface area (Å²) in [5, 5.41) is 2.18. The molecule has 0 saturated carbocycles. The lowest BCUT2D eigenvalue weighted by molar-refractivity contribution is -0.123. The third kappa shape index (κ3) is 1.65. The monoisotopic (exact) mass is 197 g/mol. The summed E-state index contributed by atoms with van der Waals surface area (Å²) in [5.74, 6) is 1.73. The number of hydrogen-bond acceptors (Lipinski definition) is 2. The zero-order valence-corrected chi connectivity index (χ0v) is 7.78. The van der Waals surface area contributed by atoms with Crippen molar-refractivity contribution in [2.45, 2.75) is 0 Å². The van der Waals surface area contributed by atoms with Crippen LogP contribution in [0.1, 0.15) is 11.1 Å². The molecule has 0 unspecified atom stereocenters. The molecule has 0 spiro atoms. The Balaban J connectivity index is 2.39. The van der Waals surface area contributed by atoms with Gasteiger partial charge in [0.25, 0.3) is 11.8 Å². The molecule has 1 aliphatic rings. The Hall–Kier alpha value is -2.34. The third-order valence-electron chi connectivity index (χ3n) is 2.12. The molecule has 3 nitrogen and oxygen atoms in total. The molecule has 1 N–H and O–H groups in total. The van der Waals surface area contributed by atoms with Gasteiger partial charge in [-0.05, 0) is 17.7 Å². The molecule has 0 aliphatic carbocycles. The Morgan fingerprint density at radius 1 is 1.13 bits per heavy atom. The summed E-state index contributed by atoms with van der Waals surface area (Å²) in [6, 6.07) is 6.90. The highest BCUT2D eigenvalue weighted by molar-refractivity contribution is 6.33. The van der Waals surface area contributed by atoms with Crippen molar-refractivity contribution in [1.82, 2.24) is 5.32 Å². The van der Waals surface area contributed by atoms with E-state index in [1.807, 2.05) is 0 Å². The number of terminal acetylenes is 1.